The summed E-state index contributed by atoms with van der Waals surface area (Å²) >= 11 is 0. The average Bonchev–Trinajstić information content (AvgIpc) is 2.38. The van der Waals surface area contributed by atoms with E-state index in [-0.39, 0.29) is 6.09 Å². The molecule has 4 heteroatoms. The van der Waals surface area contributed by atoms with E-state index < -0.39 is 5.60 Å². The van der Waals surface area contributed by atoms with Gasteiger partial charge >= 0.3 is 6.09 Å². The highest BCUT2D eigenvalue weighted by Crippen LogP contribution is 2.26. The quantitative estimate of drug-likeness (QED) is 0.781. The number of carbonyl (C=O) groups is 1. The van der Waals surface area contributed by atoms with Crippen LogP contribution in [-0.2, 0) is 4.74 Å². The zero-order valence-corrected chi connectivity index (χ0v) is 11.9. The lowest BCUT2D eigenvalue weighted by Gasteiger charge is -2.41. The number of hydrogen-bond donors (Lipinski definition) is 1. The number of carbonyl (C=O) groups excluding carboxylic acids is 1. The highest BCUT2D eigenvalue weighted by atomic mass is 16.6. The molecule has 0 aromatic rings. The van der Waals surface area contributed by atoms with Gasteiger partial charge in [-0.15, -0.1) is 0 Å². The maximum atomic E-state index is 12.3. The van der Waals surface area contributed by atoms with E-state index >= 15 is 0 Å². The fourth-order valence-corrected chi connectivity index (χ4v) is 2.75. The number of hydrogen-bond acceptors (Lipinski definition) is 3. The first-order chi connectivity index (χ1) is 8.47. The summed E-state index contributed by atoms with van der Waals surface area (Å²) in [4.78, 5) is 14.3. The molecule has 4 nitrogen and oxygen atoms in total. The van der Waals surface area contributed by atoms with Gasteiger partial charge in [0.2, 0.25) is 0 Å². The Morgan fingerprint density at radius 3 is 2.50 bits per heavy atom. The minimum atomic E-state index is -0.397. The van der Waals surface area contributed by atoms with Crippen LogP contribution in [0.25, 0.3) is 0 Å². The van der Waals surface area contributed by atoms with Gasteiger partial charge in [-0.25, -0.2) is 4.79 Å². The summed E-state index contributed by atoms with van der Waals surface area (Å²) < 4.78 is 5.55. The van der Waals surface area contributed by atoms with E-state index in [2.05, 4.69) is 5.32 Å². The Bertz CT molecular complexity index is 295. The van der Waals surface area contributed by atoms with Crippen molar-refractivity contribution in [2.75, 3.05) is 19.6 Å². The van der Waals surface area contributed by atoms with E-state index in [1.54, 1.807) is 0 Å². The zero-order valence-electron chi connectivity index (χ0n) is 11.9. The lowest BCUT2D eigenvalue weighted by atomic mass is 9.90. The van der Waals surface area contributed by atoms with Crippen molar-refractivity contribution >= 4 is 6.09 Å². The van der Waals surface area contributed by atoms with Crippen molar-refractivity contribution in [1.82, 2.24) is 10.2 Å². The molecule has 0 aromatic carbocycles. The lowest BCUT2D eigenvalue weighted by Crippen LogP contribution is -2.56. The van der Waals surface area contributed by atoms with Gasteiger partial charge in [0.05, 0.1) is 0 Å². The SMILES string of the molecule is CC(C)(C)OC(=O)N1CCCCC[C@H]1C1CNC1. The predicted molar refractivity (Wildman–Crippen MR) is 71.6 cm³/mol. The molecule has 0 radical (unpaired) electrons. The van der Waals surface area contributed by atoms with E-state index in [0.717, 1.165) is 32.5 Å². The Morgan fingerprint density at radius 1 is 1.22 bits per heavy atom. The maximum Gasteiger partial charge on any atom is 0.410 e. The minimum Gasteiger partial charge on any atom is -0.444 e. The summed E-state index contributed by atoms with van der Waals surface area (Å²) in [6.45, 7) is 8.75. The van der Waals surface area contributed by atoms with Crippen molar-refractivity contribution < 1.29 is 9.53 Å². The largest absolute Gasteiger partial charge is 0.444 e. The summed E-state index contributed by atoms with van der Waals surface area (Å²) in [5, 5.41) is 3.31. The minimum absolute atomic E-state index is 0.124. The number of likely N-dealkylation sites (tertiary alicyclic amines) is 1. The molecule has 2 rings (SSSR count). The number of nitrogens with one attached hydrogen (secondary N) is 1. The van der Waals surface area contributed by atoms with Crippen molar-refractivity contribution in [3.8, 4) is 0 Å². The van der Waals surface area contributed by atoms with Gasteiger partial charge in [0.25, 0.3) is 0 Å². The van der Waals surface area contributed by atoms with Gasteiger partial charge in [0.1, 0.15) is 5.60 Å². The third-order valence-electron chi connectivity index (χ3n) is 3.78. The standard InChI is InChI=1S/C14H26N2O2/c1-14(2,3)18-13(17)16-8-6-4-5-7-12(16)11-9-15-10-11/h11-12,15H,4-10H2,1-3H3/t12-/m0/s1. The molecule has 0 spiro atoms. The van der Waals surface area contributed by atoms with Crippen molar-refractivity contribution in [3.63, 3.8) is 0 Å². The van der Waals surface area contributed by atoms with Crippen molar-refractivity contribution in [3.05, 3.63) is 0 Å². The Labute approximate surface area is 110 Å². The molecule has 2 heterocycles. The lowest BCUT2D eigenvalue weighted by molar-refractivity contribution is 0.00627. The van der Waals surface area contributed by atoms with Crippen molar-refractivity contribution in [1.29, 1.82) is 0 Å². The maximum absolute atomic E-state index is 12.3. The number of amides is 1. The van der Waals surface area contributed by atoms with E-state index in [4.69, 9.17) is 4.74 Å². The topological polar surface area (TPSA) is 41.6 Å². The van der Waals surface area contributed by atoms with Gasteiger partial charge in [-0.2, -0.15) is 0 Å². The molecular weight excluding hydrogens is 228 g/mol. The molecular formula is C14H26N2O2. The number of ether oxygens (including phenoxy) is 1. The van der Waals surface area contributed by atoms with Crippen LogP contribution in [0.15, 0.2) is 0 Å². The van der Waals surface area contributed by atoms with Gasteiger partial charge in [-0.05, 0) is 33.6 Å². The average molecular weight is 254 g/mol. The molecule has 0 saturated carbocycles. The van der Waals surface area contributed by atoms with Crippen LogP contribution < -0.4 is 5.32 Å². The van der Waals surface area contributed by atoms with Crippen LogP contribution in [0.4, 0.5) is 4.79 Å². The van der Waals surface area contributed by atoms with Gasteiger partial charge in [-0.1, -0.05) is 12.8 Å². The molecule has 2 fully saturated rings. The summed E-state index contributed by atoms with van der Waals surface area (Å²) in [5.74, 6) is 0.621. The van der Waals surface area contributed by atoms with Crippen LogP contribution in [0.5, 0.6) is 0 Å². The summed E-state index contributed by atoms with van der Waals surface area (Å²) in [5.41, 5.74) is -0.397. The second-order valence-corrected chi connectivity index (χ2v) is 6.51. The van der Waals surface area contributed by atoms with Gasteiger partial charge in [-0.3, -0.25) is 0 Å². The highest BCUT2D eigenvalue weighted by Gasteiger charge is 2.36. The van der Waals surface area contributed by atoms with Crippen LogP contribution in [0, 0.1) is 5.92 Å². The zero-order chi connectivity index (χ0) is 13.2. The summed E-state index contributed by atoms with van der Waals surface area (Å²) in [6, 6.07) is 0.378. The molecule has 1 amide bonds. The summed E-state index contributed by atoms with van der Waals surface area (Å²) in [7, 11) is 0. The Morgan fingerprint density at radius 2 is 1.94 bits per heavy atom. The van der Waals surface area contributed by atoms with Crippen LogP contribution in [-0.4, -0.2) is 42.3 Å². The monoisotopic (exact) mass is 254 g/mol. The third-order valence-corrected chi connectivity index (χ3v) is 3.78. The second-order valence-electron chi connectivity index (χ2n) is 6.51. The van der Waals surface area contributed by atoms with Gasteiger partial charge in [0.15, 0.2) is 0 Å². The van der Waals surface area contributed by atoms with E-state index in [9.17, 15) is 4.79 Å². The molecule has 0 aliphatic carbocycles. The molecule has 1 atom stereocenters. The van der Waals surface area contributed by atoms with Crippen molar-refractivity contribution in [2.45, 2.75) is 58.1 Å². The first-order valence-electron chi connectivity index (χ1n) is 7.18. The predicted octanol–water partition coefficient (Wildman–Crippen LogP) is 2.39. The Hall–Kier alpha value is -0.770. The van der Waals surface area contributed by atoms with E-state index in [0.29, 0.717) is 12.0 Å². The van der Waals surface area contributed by atoms with Gasteiger partial charge in [0, 0.05) is 31.6 Å². The fraction of sp³-hybridized carbons (Fsp3) is 0.929. The number of nitrogens with zero attached hydrogens (tertiary/aromatic N) is 1. The molecule has 18 heavy (non-hydrogen) atoms. The molecule has 2 saturated heterocycles. The fourth-order valence-electron chi connectivity index (χ4n) is 2.75. The van der Waals surface area contributed by atoms with Crippen LogP contribution >= 0.6 is 0 Å². The molecule has 104 valence electrons. The smallest absolute Gasteiger partial charge is 0.410 e. The molecule has 0 aromatic heterocycles. The highest BCUT2D eigenvalue weighted by molar-refractivity contribution is 5.68. The van der Waals surface area contributed by atoms with Gasteiger partial charge < -0.3 is 15.0 Å². The first-order valence-corrected chi connectivity index (χ1v) is 7.18. The van der Waals surface area contributed by atoms with E-state index in [1.807, 2.05) is 25.7 Å². The van der Waals surface area contributed by atoms with Crippen molar-refractivity contribution in [2.24, 2.45) is 5.92 Å². The normalized spacial score (nSPS) is 26.4. The molecule has 0 unspecified atom stereocenters. The molecule has 2 aliphatic rings. The Kier molecular flexibility index (Phi) is 4.15. The van der Waals surface area contributed by atoms with E-state index in [1.165, 1.54) is 12.8 Å². The van der Waals surface area contributed by atoms with Crippen LogP contribution in [0.2, 0.25) is 0 Å². The molecule has 1 N–H and O–H groups in total. The number of rotatable bonds is 1. The molecule has 2 aliphatic heterocycles. The third kappa shape index (κ3) is 3.37. The second kappa shape index (κ2) is 5.47. The van der Waals surface area contributed by atoms with Crippen LogP contribution in [0.3, 0.4) is 0 Å². The first kappa shape index (κ1) is 13.7. The van der Waals surface area contributed by atoms with Crippen LogP contribution in [0.1, 0.15) is 46.5 Å². The molecule has 0 bridgehead atoms. The Balaban J connectivity index is 2.02. The summed E-state index contributed by atoms with van der Waals surface area (Å²) in [6.07, 6.45) is 4.58.